The molecule has 3 rings (SSSR count). The van der Waals surface area contributed by atoms with Gasteiger partial charge >= 0.3 is 0 Å². The lowest BCUT2D eigenvalue weighted by Crippen LogP contribution is -2.29. The number of hydrogen-bond acceptors (Lipinski definition) is 3. The highest BCUT2D eigenvalue weighted by molar-refractivity contribution is 9.10. The third-order valence-electron chi connectivity index (χ3n) is 4.47. The van der Waals surface area contributed by atoms with Gasteiger partial charge in [-0.1, -0.05) is 12.1 Å². The standard InChI is InChI=1S/C19H20BrFN2O3S/c20-18-7-6-16(27(25,26)23-10-1-2-11-23)13-17(18)19(24)22-9-8-14-4-3-5-15(21)12-14/h3-7,12-13H,1-2,8-11H2,(H,22,24). The minimum atomic E-state index is -3.59. The van der Waals surface area contributed by atoms with E-state index in [1.54, 1.807) is 18.2 Å². The summed E-state index contributed by atoms with van der Waals surface area (Å²) in [7, 11) is -3.59. The third kappa shape index (κ3) is 4.75. The number of benzene rings is 2. The molecule has 8 heteroatoms. The second-order valence-corrected chi connectivity index (χ2v) is 9.18. The zero-order chi connectivity index (χ0) is 19.4. The van der Waals surface area contributed by atoms with Gasteiger partial charge in [0.2, 0.25) is 10.0 Å². The molecule has 1 N–H and O–H groups in total. The first-order valence-corrected chi connectivity index (χ1v) is 10.9. The molecule has 0 aromatic heterocycles. The van der Waals surface area contributed by atoms with E-state index in [1.165, 1.54) is 28.6 Å². The highest BCUT2D eigenvalue weighted by atomic mass is 79.9. The monoisotopic (exact) mass is 454 g/mol. The minimum absolute atomic E-state index is 0.114. The number of sulfonamides is 1. The molecule has 1 amide bonds. The summed E-state index contributed by atoms with van der Waals surface area (Å²) in [4.78, 5) is 12.6. The van der Waals surface area contributed by atoms with Gasteiger partial charge in [0, 0.05) is 24.1 Å². The molecule has 0 unspecified atom stereocenters. The van der Waals surface area contributed by atoms with E-state index in [2.05, 4.69) is 21.2 Å². The van der Waals surface area contributed by atoms with E-state index in [9.17, 15) is 17.6 Å². The molecular formula is C19H20BrFN2O3S. The third-order valence-corrected chi connectivity index (χ3v) is 7.06. The van der Waals surface area contributed by atoms with Crippen LogP contribution in [0.25, 0.3) is 0 Å². The molecular weight excluding hydrogens is 435 g/mol. The number of hydrogen-bond donors (Lipinski definition) is 1. The van der Waals surface area contributed by atoms with Gasteiger partial charge in [-0.3, -0.25) is 4.79 Å². The number of halogens is 2. The Balaban J connectivity index is 1.71. The van der Waals surface area contributed by atoms with E-state index in [-0.39, 0.29) is 22.2 Å². The van der Waals surface area contributed by atoms with Crippen LogP contribution < -0.4 is 5.32 Å². The number of carbonyl (C=O) groups excluding carboxylic acids is 1. The van der Waals surface area contributed by atoms with Gasteiger partial charge in [0.15, 0.2) is 0 Å². The van der Waals surface area contributed by atoms with Gasteiger partial charge in [-0.25, -0.2) is 12.8 Å². The molecule has 0 atom stereocenters. The molecule has 1 fully saturated rings. The summed E-state index contributed by atoms with van der Waals surface area (Å²) in [5, 5.41) is 2.76. The molecule has 27 heavy (non-hydrogen) atoms. The second-order valence-electron chi connectivity index (χ2n) is 6.39. The summed E-state index contributed by atoms with van der Waals surface area (Å²) in [6, 6.07) is 10.7. The predicted molar refractivity (Wildman–Crippen MR) is 105 cm³/mol. The molecule has 144 valence electrons. The van der Waals surface area contributed by atoms with Gasteiger partial charge < -0.3 is 5.32 Å². The van der Waals surface area contributed by atoms with Crippen molar-refractivity contribution in [2.45, 2.75) is 24.2 Å². The Labute approximate surface area is 166 Å². The lowest BCUT2D eigenvalue weighted by molar-refractivity contribution is 0.0953. The maximum atomic E-state index is 13.2. The van der Waals surface area contributed by atoms with E-state index in [0.717, 1.165) is 18.4 Å². The maximum Gasteiger partial charge on any atom is 0.252 e. The Bertz CT molecular complexity index is 944. The molecule has 0 radical (unpaired) electrons. The topological polar surface area (TPSA) is 66.5 Å². The van der Waals surface area contributed by atoms with Crippen LogP contribution in [0, 0.1) is 5.82 Å². The summed E-state index contributed by atoms with van der Waals surface area (Å²) in [6.45, 7) is 1.33. The van der Waals surface area contributed by atoms with Gasteiger partial charge in [0.05, 0.1) is 10.5 Å². The Morgan fingerprint density at radius 2 is 1.89 bits per heavy atom. The molecule has 2 aromatic carbocycles. The van der Waals surface area contributed by atoms with E-state index >= 15 is 0 Å². The fraction of sp³-hybridized carbons (Fsp3) is 0.316. The van der Waals surface area contributed by atoms with E-state index in [0.29, 0.717) is 30.5 Å². The lowest BCUT2D eigenvalue weighted by atomic mass is 10.1. The van der Waals surface area contributed by atoms with Crippen LogP contribution in [0.1, 0.15) is 28.8 Å². The number of nitrogens with one attached hydrogen (secondary N) is 1. The van der Waals surface area contributed by atoms with Crippen molar-refractivity contribution < 1.29 is 17.6 Å². The zero-order valence-corrected chi connectivity index (χ0v) is 17.0. The van der Waals surface area contributed by atoms with Crippen molar-refractivity contribution in [2.75, 3.05) is 19.6 Å². The molecule has 0 bridgehead atoms. The van der Waals surface area contributed by atoms with E-state index < -0.39 is 10.0 Å². The van der Waals surface area contributed by atoms with Gasteiger partial charge in [-0.05, 0) is 71.1 Å². The van der Waals surface area contributed by atoms with Gasteiger partial charge in [-0.15, -0.1) is 0 Å². The number of carbonyl (C=O) groups is 1. The van der Waals surface area contributed by atoms with Crippen LogP contribution in [0.15, 0.2) is 51.8 Å². The smallest absolute Gasteiger partial charge is 0.252 e. The summed E-state index contributed by atoms with van der Waals surface area (Å²) < 4.78 is 40.6. The first-order chi connectivity index (χ1) is 12.9. The van der Waals surface area contributed by atoms with Gasteiger partial charge in [0.25, 0.3) is 5.91 Å². The molecule has 1 aliphatic heterocycles. The number of nitrogens with zero attached hydrogens (tertiary/aromatic N) is 1. The molecule has 1 aliphatic rings. The van der Waals surface area contributed by atoms with Crippen LogP contribution >= 0.6 is 15.9 Å². The van der Waals surface area contributed by atoms with Crippen molar-refractivity contribution in [3.8, 4) is 0 Å². The van der Waals surface area contributed by atoms with E-state index in [1.807, 2.05) is 0 Å². The summed E-state index contributed by atoms with van der Waals surface area (Å²) in [6.07, 6.45) is 2.18. The fourth-order valence-electron chi connectivity index (χ4n) is 3.02. The maximum absolute atomic E-state index is 13.2. The molecule has 0 saturated carbocycles. The van der Waals surface area contributed by atoms with Crippen molar-refractivity contribution in [2.24, 2.45) is 0 Å². The summed E-state index contributed by atoms with van der Waals surface area (Å²) >= 11 is 3.31. The number of amides is 1. The number of rotatable bonds is 6. The van der Waals surface area contributed by atoms with Gasteiger partial charge in [0.1, 0.15) is 5.82 Å². The van der Waals surface area contributed by atoms with Crippen LogP contribution in [-0.4, -0.2) is 38.3 Å². The van der Waals surface area contributed by atoms with Crippen molar-refractivity contribution in [3.63, 3.8) is 0 Å². The van der Waals surface area contributed by atoms with Crippen molar-refractivity contribution in [1.29, 1.82) is 0 Å². The SMILES string of the molecule is O=C(NCCc1cccc(F)c1)c1cc(S(=O)(=O)N2CCCC2)ccc1Br. The highest BCUT2D eigenvalue weighted by Crippen LogP contribution is 2.25. The van der Waals surface area contributed by atoms with Crippen LogP contribution in [0.3, 0.4) is 0 Å². The summed E-state index contributed by atoms with van der Waals surface area (Å²) in [5.41, 5.74) is 1.04. The molecule has 0 spiro atoms. The molecule has 2 aromatic rings. The zero-order valence-electron chi connectivity index (χ0n) is 14.6. The van der Waals surface area contributed by atoms with Crippen LogP contribution in [0.4, 0.5) is 4.39 Å². The normalized spacial score (nSPS) is 15.0. The molecule has 0 aliphatic carbocycles. The Hall–Kier alpha value is -1.77. The second kappa shape index (κ2) is 8.50. The Morgan fingerprint density at radius 3 is 2.59 bits per heavy atom. The average molecular weight is 455 g/mol. The molecule has 5 nitrogen and oxygen atoms in total. The quantitative estimate of drug-likeness (QED) is 0.727. The van der Waals surface area contributed by atoms with Crippen molar-refractivity contribution in [1.82, 2.24) is 9.62 Å². The van der Waals surface area contributed by atoms with Crippen molar-refractivity contribution >= 4 is 31.9 Å². The largest absolute Gasteiger partial charge is 0.352 e. The Morgan fingerprint density at radius 1 is 1.15 bits per heavy atom. The van der Waals surface area contributed by atoms with Crippen LogP contribution in [0.2, 0.25) is 0 Å². The van der Waals surface area contributed by atoms with Crippen LogP contribution in [0.5, 0.6) is 0 Å². The summed E-state index contributed by atoms with van der Waals surface area (Å²) in [5.74, 6) is -0.696. The Kier molecular flexibility index (Phi) is 6.29. The first-order valence-electron chi connectivity index (χ1n) is 8.70. The van der Waals surface area contributed by atoms with Crippen molar-refractivity contribution in [3.05, 3.63) is 63.9 Å². The molecule has 1 saturated heterocycles. The first kappa shape index (κ1) is 20.0. The fourth-order valence-corrected chi connectivity index (χ4v) is 4.99. The predicted octanol–water partition coefficient (Wildman–Crippen LogP) is 3.35. The minimum Gasteiger partial charge on any atom is -0.352 e. The average Bonchev–Trinajstić information content (AvgIpc) is 3.17. The highest BCUT2D eigenvalue weighted by Gasteiger charge is 2.28. The van der Waals surface area contributed by atoms with Gasteiger partial charge in [-0.2, -0.15) is 4.31 Å². The van der Waals surface area contributed by atoms with E-state index in [4.69, 9.17) is 0 Å². The van der Waals surface area contributed by atoms with Crippen LogP contribution in [-0.2, 0) is 16.4 Å². The lowest BCUT2D eigenvalue weighted by Gasteiger charge is -2.16. The molecule has 1 heterocycles.